The number of hydrogen-bond acceptors (Lipinski definition) is 7. The monoisotopic (exact) mass is 476 g/mol. The third-order valence-electron chi connectivity index (χ3n) is 5.33. The standard InChI is InChI=1S/C26H24N2O5S/c1-28(14-17-4-5-20-13-22(32-3)11-8-19(20)12-17)24(29)15-33-26(30)23-16-34-25(27-23)18-6-9-21(31-2)10-7-18/h4-13,16H,14-15H2,1-3H3. The Balaban J connectivity index is 1.32. The van der Waals surface area contributed by atoms with Crippen LogP contribution in [0.4, 0.5) is 0 Å². The summed E-state index contributed by atoms with van der Waals surface area (Å²) in [6.07, 6.45) is 0. The van der Waals surface area contributed by atoms with Gasteiger partial charge in [0.15, 0.2) is 12.3 Å². The second kappa shape index (κ2) is 10.4. The fourth-order valence-electron chi connectivity index (χ4n) is 3.41. The first-order valence-electron chi connectivity index (χ1n) is 10.5. The molecule has 1 amide bonds. The van der Waals surface area contributed by atoms with Crippen molar-refractivity contribution in [3.05, 3.63) is 77.3 Å². The number of thiazole rings is 1. The molecular formula is C26H24N2O5S. The summed E-state index contributed by atoms with van der Waals surface area (Å²) in [5.74, 6) is 0.614. The molecule has 0 saturated heterocycles. The molecule has 0 atom stereocenters. The Morgan fingerprint density at radius 2 is 1.59 bits per heavy atom. The van der Waals surface area contributed by atoms with E-state index in [1.807, 2.05) is 60.7 Å². The Labute approximate surface area is 201 Å². The number of aromatic nitrogens is 1. The largest absolute Gasteiger partial charge is 0.497 e. The van der Waals surface area contributed by atoms with Crippen LogP contribution >= 0.6 is 11.3 Å². The average molecular weight is 477 g/mol. The molecule has 0 radical (unpaired) electrons. The number of likely N-dealkylation sites (N-methyl/N-ethyl adjacent to an activating group) is 1. The van der Waals surface area contributed by atoms with Gasteiger partial charge in [0.25, 0.3) is 5.91 Å². The van der Waals surface area contributed by atoms with Gasteiger partial charge in [-0.25, -0.2) is 9.78 Å². The predicted molar refractivity (Wildman–Crippen MR) is 131 cm³/mol. The van der Waals surface area contributed by atoms with E-state index in [9.17, 15) is 9.59 Å². The van der Waals surface area contributed by atoms with Crippen LogP contribution in [0, 0.1) is 0 Å². The molecule has 1 aromatic heterocycles. The first-order chi connectivity index (χ1) is 16.5. The molecule has 0 bridgehead atoms. The Morgan fingerprint density at radius 3 is 2.32 bits per heavy atom. The maximum atomic E-state index is 12.5. The van der Waals surface area contributed by atoms with Crippen LogP contribution in [0.3, 0.4) is 0 Å². The minimum Gasteiger partial charge on any atom is -0.497 e. The maximum absolute atomic E-state index is 12.5. The minimum absolute atomic E-state index is 0.177. The van der Waals surface area contributed by atoms with Gasteiger partial charge in [-0.05, 0) is 58.8 Å². The number of amides is 1. The van der Waals surface area contributed by atoms with Crippen molar-refractivity contribution in [3.63, 3.8) is 0 Å². The molecule has 0 aliphatic rings. The van der Waals surface area contributed by atoms with Gasteiger partial charge in [-0.15, -0.1) is 11.3 Å². The number of fused-ring (bicyclic) bond motifs is 1. The Morgan fingerprint density at radius 1 is 0.912 bits per heavy atom. The fourth-order valence-corrected chi connectivity index (χ4v) is 4.20. The Hall–Kier alpha value is -3.91. The number of hydrogen-bond donors (Lipinski definition) is 0. The van der Waals surface area contributed by atoms with Crippen molar-refractivity contribution in [2.45, 2.75) is 6.54 Å². The van der Waals surface area contributed by atoms with Crippen LogP contribution in [0.5, 0.6) is 11.5 Å². The van der Waals surface area contributed by atoms with Gasteiger partial charge in [-0.2, -0.15) is 0 Å². The third-order valence-corrected chi connectivity index (χ3v) is 6.23. The van der Waals surface area contributed by atoms with Crippen LogP contribution in [0.25, 0.3) is 21.3 Å². The maximum Gasteiger partial charge on any atom is 0.358 e. The molecule has 0 aliphatic carbocycles. The summed E-state index contributed by atoms with van der Waals surface area (Å²) in [5.41, 5.74) is 2.02. The van der Waals surface area contributed by atoms with Gasteiger partial charge in [0.2, 0.25) is 0 Å². The van der Waals surface area contributed by atoms with E-state index in [1.54, 1.807) is 26.6 Å². The highest BCUT2D eigenvalue weighted by Crippen LogP contribution is 2.26. The number of rotatable bonds is 8. The molecule has 4 aromatic rings. The first-order valence-corrected chi connectivity index (χ1v) is 11.4. The molecule has 174 valence electrons. The zero-order chi connectivity index (χ0) is 24.1. The van der Waals surface area contributed by atoms with Crippen molar-refractivity contribution in [3.8, 4) is 22.1 Å². The van der Waals surface area contributed by atoms with E-state index in [1.165, 1.54) is 16.2 Å². The van der Waals surface area contributed by atoms with E-state index in [-0.39, 0.29) is 18.2 Å². The molecule has 0 unspecified atom stereocenters. The molecular weight excluding hydrogens is 452 g/mol. The van der Waals surface area contributed by atoms with E-state index >= 15 is 0 Å². The number of esters is 1. The van der Waals surface area contributed by atoms with Crippen LogP contribution in [0.2, 0.25) is 0 Å². The zero-order valence-corrected chi connectivity index (χ0v) is 19.9. The molecule has 0 fully saturated rings. The molecule has 0 N–H and O–H groups in total. The number of carbonyl (C=O) groups is 2. The average Bonchev–Trinajstić information content (AvgIpc) is 3.37. The van der Waals surface area contributed by atoms with Crippen molar-refractivity contribution >= 4 is 34.0 Å². The molecule has 8 heteroatoms. The lowest BCUT2D eigenvalue weighted by Gasteiger charge is -2.17. The van der Waals surface area contributed by atoms with Gasteiger partial charge in [0.1, 0.15) is 16.5 Å². The van der Waals surface area contributed by atoms with Crippen LogP contribution in [-0.4, -0.2) is 49.6 Å². The molecule has 0 aliphatic heterocycles. The molecule has 7 nitrogen and oxygen atoms in total. The number of carbonyl (C=O) groups excluding carboxylic acids is 2. The molecule has 4 rings (SSSR count). The predicted octanol–water partition coefficient (Wildman–Crippen LogP) is 4.80. The van der Waals surface area contributed by atoms with Crippen LogP contribution in [0.15, 0.2) is 66.0 Å². The first kappa shape index (κ1) is 23.3. The number of ether oxygens (including phenoxy) is 3. The molecule has 34 heavy (non-hydrogen) atoms. The third kappa shape index (κ3) is 5.35. The summed E-state index contributed by atoms with van der Waals surface area (Å²) < 4.78 is 15.6. The van der Waals surface area contributed by atoms with Crippen LogP contribution < -0.4 is 9.47 Å². The van der Waals surface area contributed by atoms with E-state index in [0.717, 1.165) is 33.4 Å². The van der Waals surface area contributed by atoms with Crippen molar-refractivity contribution < 1.29 is 23.8 Å². The minimum atomic E-state index is -0.627. The number of benzene rings is 3. The van der Waals surface area contributed by atoms with Crippen LogP contribution in [0.1, 0.15) is 16.1 Å². The summed E-state index contributed by atoms with van der Waals surface area (Å²) in [5, 5.41) is 4.43. The second-order valence-corrected chi connectivity index (χ2v) is 8.50. The van der Waals surface area contributed by atoms with Gasteiger partial charge in [-0.3, -0.25) is 4.79 Å². The van der Waals surface area contributed by atoms with E-state index in [0.29, 0.717) is 11.6 Å². The normalized spacial score (nSPS) is 10.7. The van der Waals surface area contributed by atoms with Crippen molar-refractivity contribution in [1.82, 2.24) is 9.88 Å². The molecule has 1 heterocycles. The summed E-state index contributed by atoms with van der Waals surface area (Å²) in [7, 11) is 4.92. The van der Waals surface area contributed by atoms with Crippen molar-refractivity contribution in [2.24, 2.45) is 0 Å². The zero-order valence-electron chi connectivity index (χ0n) is 19.1. The fraction of sp³-hybridized carbons (Fsp3) is 0.192. The highest BCUT2D eigenvalue weighted by atomic mass is 32.1. The molecule has 0 spiro atoms. The van der Waals surface area contributed by atoms with Gasteiger partial charge in [0.05, 0.1) is 14.2 Å². The lowest BCUT2D eigenvalue weighted by atomic mass is 10.1. The summed E-state index contributed by atoms with van der Waals surface area (Å²) >= 11 is 1.33. The summed E-state index contributed by atoms with van der Waals surface area (Å²) in [4.78, 5) is 30.8. The smallest absolute Gasteiger partial charge is 0.358 e. The van der Waals surface area contributed by atoms with E-state index in [2.05, 4.69) is 4.98 Å². The lowest BCUT2D eigenvalue weighted by molar-refractivity contribution is -0.133. The topological polar surface area (TPSA) is 78.0 Å². The molecule has 0 saturated carbocycles. The van der Waals surface area contributed by atoms with Gasteiger partial charge in [0, 0.05) is 24.5 Å². The van der Waals surface area contributed by atoms with Gasteiger partial charge >= 0.3 is 5.97 Å². The lowest BCUT2D eigenvalue weighted by Crippen LogP contribution is -2.30. The van der Waals surface area contributed by atoms with Crippen molar-refractivity contribution in [1.29, 1.82) is 0 Å². The number of methoxy groups -OCH3 is 2. The van der Waals surface area contributed by atoms with E-state index < -0.39 is 5.97 Å². The Bertz CT molecular complexity index is 1320. The SMILES string of the molecule is COc1ccc(-c2nc(C(=O)OCC(=O)N(C)Cc3ccc4cc(OC)ccc4c3)cs2)cc1. The highest BCUT2D eigenvalue weighted by molar-refractivity contribution is 7.13. The summed E-state index contributed by atoms with van der Waals surface area (Å²) in [6, 6.07) is 19.2. The molecule has 3 aromatic carbocycles. The van der Waals surface area contributed by atoms with Crippen molar-refractivity contribution in [2.75, 3.05) is 27.9 Å². The van der Waals surface area contributed by atoms with Gasteiger partial charge in [-0.1, -0.05) is 18.2 Å². The Kier molecular flexibility index (Phi) is 7.08. The quantitative estimate of drug-likeness (QED) is 0.340. The highest BCUT2D eigenvalue weighted by Gasteiger charge is 2.17. The second-order valence-electron chi connectivity index (χ2n) is 7.64. The summed E-state index contributed by atoms with van der Waals surface area (Å²) in [6.45, 7) is 0.0478. The van der Waals surface area contributed by atoms with Gasteiger partial charge < -0.3 is 19.1 Å². The van der Waals surface area contributed by atoms with E-state index in [4.69, 9.17) is 14.2 Å². The number of nitrogens with zero attached hydrogens (tertiary/aromatic N) is 2. The van der Waals surface area contributed by atoms with Crippen LogP contribution in [-0.2, 0) is 16.1 Å².